The minimum absolute atomic E-state index is 0.159. The molecule has 0 unspecified atom stereocenters. The van der Waals surface area contributed by atoms with E-state index in [-0.39, 0.29) is 19.0 Å². The van der Waals surface area contributed by atoms with Crippen LogP contribution in [0, 0.1) is 5.92 Å². The minimum atomic E-state index is -1.05. The molecule has 2 aliphatic rings. The highest BCUT2D eigenvalue weighted by molar-refractivity contribution is 6.13. The van der Waals surface area contributed by atoms with Gasteiger partial charge in [0.15, 0.2) is 5.78 Å². The fourth-order valence-corrected chi connectivity index (χ4v) is 5.48. The van der Waals surface area contributed by atoms with E-state index in [0.29, 0.717) is 34.7 Å². The normalized spacial score (nSPS) is 21.0. The van der Waals surface area contributed by atoms with Gasteiger partial charge in [-0.3, -0.25) is 9.59 Å². The first-order valence-corrected chi connectivity index (χ1v) is 13.2. The van der Waals surface area contributed by atoms with Crippen molar-refractivity contribution in [3.63, 3.8) is 0 Å². The number of allylic oxidation sites excluding steroid dienone is 3. The number of ether oxygens (including phenoxy) is 3. The highest BCUT2D eigenvalue weighted by atomic mass is 16.5. The van der Waals surface area contributed by atoms with Crippen LogP contribution in [0.5, 0.6) is 5.75 Å². The van der Waals surface area contributed by atoms with Gasteiger partial charge in [-0.1, -0.05) is 43.3 Å². The second-order valence-corrected chi connectivity index (χ2v) is 9.49. The average Bonchev–Trinajstić information content (AvgIpc) is 2.92. The van der Waals surface area contributed by atoms with E-state index in [0.717, 1.165) is 23.1 Å². The molecule has 0 amide bonds. The lowest BCUT2D eigenvalue weighted by Gasteiger charge is -2.39. The van der Waals surface area contributed by atoms with Crippen molar-refractivity contribution in [3.05, 3.63) is 87.8 Å². The summed E-state index contributed by atoms with van der Waals surface area (Å²) < 4.78 is 16.2. The Bertz CT molecular complexity index is 1290. The third-order valence-corrected chi connectivity index (χ3v) is 7.30. The molecule has 2 aromatic carbocycles. The zero-order valence-corrected chi connectivity index (χ0v) is 22.6. The summed E-state index contributed by atoms with van der Waals surface area (Å²) in [5.74, 6) is -2.92. The van der Waals surface area contributed by atoms with Gasteiger partial charge in [0.1, 0.15) is 11.7 Å². The lowest BCUT2D eigenvalue weighted by Crippen LogP contribution is -2.43. The van der Waals surface area contributed by atoms with Crippen LogP contribution in [0.1, 0.15) is 62.6 Å². The fourth-order valence-electron chi connectivity index (χ4n) is 5.48. The lowest BCUT2D eigenvalue weighted by molar-refractivity contribution is -0.152. The SMILES string of the molecule is CCOC(=O)C1=C(C)NC2=C(C(=O)[C@@H](C(=O)OCC)[C@@H](c3cccc(OC)c3)C2)[C@@H]1c1ccc(CC)cc1. The molecule has 0 saturated carbocycles. The van der Waals surface area contributed by atoms with Crippen LogP contribution in [0.3, 0.4) is 0 Å². The number of hydrogen-bond donors (Lipinski definition) is 1. The molecule has 7 nitrogen and oxygen atoms in total. The number of dihydropyridines is 1. The largest absolute Gasteiger partial charge is 0.497 e. The lowest BCUT2D eigenvalue weighted by atomic mass is 9.67. The summed E-state index contributed by atoms with van der Waals surface area (Å²) in [5.41, 5.74) is 4.90. The van der Waals surface area contributed by atoms with E-state index in [2.05, 4.69) is 12.2 Å². The van der Waals surface area contributed by atoms with Gasteiger partial charge in [-0.15, -0.1) is 0 Å². The van der Waals surface area contributed by atoms with Crippen LogP contribution in [-0.2, 0) is 30.3 Å². The zero-order valence-electron chi connectivity index (χ0n) is 22.6. The molecule has 200 valence electrons. The molecule has 0 bridgehead atoms. The summed E-state index contributed by atoms with van der Waals surface area (Å²) in [6.45, 7) is 7.74. The summed E-state index contributed by atoms with van der Waals surface area (Å²) in [4.78, 5) is 40.9. The van der Waals surface area contributed by atoms with Crippen molar-refractivity contribution >= 4 is 17.7 Å². The van der Waals surface area contributed by atoms with E-state index in [9.17, 15) is 14.4 Å². The number of rotatable bonds is 8. The summed E-state index contributed by atoms with van der Waals surface area (Å²) >= 11 is 0. The predicted octanol–water partition coefficient (Wildman–Crippen LogP) is 4.97. The Morgan fingerprint density at radius 2 is 1.68 bits per heavy atom. The number of nitrogens with one attached hydrogen (secondary N) is 1. The van der Waals surface area contributed by atoms with Crippen molar-refractivity contribution in [2.45, 2.75) is 52.4 Å². The number of ketones is 1. The number of benzene rings is 2. The molecule has 3 atom stereocenters. The predicted molar refractivity (Wildman–Crippen MR) is 144 cm³/mol. The Labute approximate surface area is 223 Å². The molecule has 1 heterocycles. The maximum absolute atomic E-state index is 14.3. The first-order valence-electron chi connectivity index (χ1n) is 13.2. The minimum Gasteiger partial charge on any atom is -0.497 e. The molecule has 0 radical (unpaired) electrons. The summed E-state index contributed by atoms with van der Waals surface area (Å²) in [7, 11) is 1.58. The number of hydrogen-bond acceptors (Lipinski definition) is 7. The first-order chi connectivity index (χ1) is 18.3. The number of esters is 2. The van der Waals surface area contributed by atoms with Crippen LogP contribution in [0.2, 0.25) is 0 Å². The summed E-state index contributed by atoms with van der Waals surface area (Å²) in [6.07, 6.45) is 1.26. The Morgan fingerprint density at radius 1 is 0.974 bits per heavy atom. The van der Waals surface area contributed by atoms with E-state index in [1.165, 1.54) is 0 Å². The van der Waals surface area contributed by atoms with E-state index in [1.54, 1.807) is 21.0 Å². The average molecular weight is 518 g/mol. The highest BCUT2D eigenvalue weighted by Gasteiger charge is 2.49. The summed E-state index contributed by atoms with van der Waals surface area (Å²) in [6, 6.07) is 15.3. The van der Waals surface area contributed by atoms with Crippen LogP contribution in [0.25, 0.3) is 0 Å². The summed E-state index contributed by atoms with van der Waals surface area (Å²) in [5, 5.41) is 3.33. The van der Waals surface area contributed by atoms with Gasteiger partial charge < -0.3 is 19.5 Å². The van der Waals surface area contributed by atoms with Crippen molar-refractivity contribution in [3.8, 4) is 5.75 Å². The van der Waals surface area contributed by atoms with Gasteiger partial charge in [0.25, 0.3) is 0 Å². The number of aryl methyl sites for hydroxylation is 1. The maximum atomic E-state index is 14.3. The molecule has 0 spiro atoms. The Kier molecular flexibility index (Phi) is 8.35. The molecule has 2 aromatic rings. The molecule has 1 N–H and O–H groups in total. The van der Waals surface area contributed by atoms with Gasteiger partial charge in [-0.25, -0.2) is 4.79 Å². The second kappa shape index (κ2) is 11.7. The van der Waals surface area contributed by atoms with Gasteiger partial charge in [0.2, 0.25) is 0 Å². The van der Waals surface area contributed by atoms with Gasteiger partial charge in [-0.2, -0.15) is 0 Å². The van der Waals surface area contributed by atoms with E-state index in [4.69, 9.17) is 14.2 Å². The van der Waals surface area contributed by atoms with Crippen molar-refractivity contribution in [1.82, 2.24) is 5.32 Å². The molecule has 0 aromatic heterocycles. The standard InChI is InChI=1S/C31H35NO6/c1-6-19-12-14-20(15-13-19)26-25(30(34)37-7-2)18(4)32-24-17-23(21-10-9-11-22(16-21)36-5)27(29(33)28(24)26)31(35)38-8-3/h9-16,23,26-27,32H,6-8,17H2,1-5H3/t23-,26-,27+/m1/s1. The van der Waals surface area contributed by atoms with E-state index < -0.39 is 29.7 Å². The van der Waals surface area contributed by atoms with Crippen molar-refractivity contribution in [1.29, 1.82) is 0 Å². The highest BCUT2D eigenvalue weighted by Crippen LogP contribution is 2.48. The van der Waals surface area contributed by atoms with Crippen LogP contribution in [0.15, 0.2) is 71.1 Å². The van der Waals surface area contributed by atoms with E-state index >= 15 is 0 Å². The van der Waals surface area contributed by atoms with E-state index in [1.807, 2.05) is 55.5 Å². The Morgan fingerprint density at radius 3 is 2.32 bits per heavy atom. The topological polar surface area (TPSA) is 90.9 Å². The van der Waals surface area contributed by atoms with Gasteiger partial charge >= 0.3 is 11.9 Å². The molecule has 7 heteroatoms. The zero-order chi connectivity index (χ0) is 27.4. The number of Topliss-reactive ketones (excluding diaryl/α,β-unsaturated/α-hetero) is 1. The third-order valence-electron chi connectivity index (χ3n) is 7.30. The first kappa shape index (κ1) is 27.2. The maximum Gasteiger partial charge on any atom is 0.336 e. The van der Waals surface area contributed by atoms with Crippen LogP contribution in [-0.4, -0.2) is 38.0 Å². The van der Waals surface area contributed by atoms with Crippen LogP contribution < -0.4 is 10.1 Å². The molecule has 38 heavy (non-hydrogen) atoms. The molecule has 1 aliphatic heterocycles. The molecule has 4 rings (SSSR count). The van der Waals surface area contributed by atoms with Crippen LogP contribution in [0.4, 0.5) is 0 Å². The fraction of sp³-hybridized carbons (Fsp3) is 0.387. The number of carbonyl (C=O) groups excluding carboxylic acids is 3. The van der Waals surface area contributed by atoms with Gasteiger partial charge in [0.05, 0.1) is 25.9 Å². The molecular weight excluding hydrogens is 482 g/mol. The molecule has 0 saturated heterocycles. The molecule has 1 aliphatic carbocycles. The Balaban J connectivity index is 1.89. The van der Waals surface area contributed by atoms with Gasteiger partial charge in [0, 0.05) is 28.8 Å². The van der Waals surface area contributed by atoms with Gasteiger partial charge in [-0.05, 0) is 62.4 Å². The number of methoxy groups -OCH3 is 1. The Hall–Kier alpha value is -3.87. The monoisotopic (exact) mass is 517 g/mol. The quantitative estimate of drug-likeness (QED) is 0.390. The molecular formula is C31H35NO6. The third kappa shape index (κ3) is 5.10. The van der Waals surface area contributed by atoms with Crippen molar-refractivity contribution < 1.29 is 28.6 Å². The van der Waals surface area contributed by atoms with Crippen molar-refractivity contribution in [2.24, 2.45) is 5.92 Å². The number of carbonyl (C=O) groups is 3. The smallest absolute Gasteiger partial charge is 0.336 e. The van der Waals surface area contributed by atoms with Crippen molar-refractivity contribution in [2.75, 3.05) is 20.3 Å². The van der Waals surface area contributed by atoms with Crippen LogP contribution >= 0.6 is 0 Å². The molecule has 0 fully saturated rings. The second-order valence-electron chi connectivity index (χ2n) is 9.49.